The number of carbonyl (C=O) groups excluding carboxylic acids is 1. The van der Waals surface area contributed by atoms with Crippen LogP contribution < -0.4 is 10.6 Å². The van der Waals surface area contributed by atoms with Crippen LogP contribution in [-0.2, 0) is 6.54 Å². The smallest absolute Gasteiger partial charge is 0.320 e. The zero-order valence-electron chi connectivity index (χ0n) is 13.1. The number of rotatable bonds is 4. The Balaban J connectivity index is 1.65. The molecule has 0 unspecified atom stereocenters. The standard InChI is InChI=1S/C15H15ClN6O2/c1-9-6-13(20-22(9)12-5-3-4-11(16)7-12)19-15(23)17-8-14-18-10(2)24-21-14/h3-7H,8H2,1-2H3,(H2,17,19,20,23). The Labute approximate surface area is 142 Å². The average molecular weight is 347 g/mol. The molecule has 2 N–H and O–H groups in total. The van der Waals surface area contributed by atoms with Crippen LogP contribution in [0.25, 0.3) is 5.69 Å². The molecule has 3 aromatic rings. The van der Waals surface area contributed by atoms with Crippen LogP contribution in [0.5, 0.6) is 0 Å². The Bertz CT molecular complexity index is 872. The number of nitrogens with one attached hydrogen (secondary N) is 2. The Morgan fingerprint density at radius 3 is 2.88 bits per heavy atom. The molecule has 0 bridgehead atoms. The SMILES string of the molecule is Cc1nc(CNC(=O)Nc2cc(C)n(-c3cccc(Cl)c3)n2)no1. The van der Waals surface area contributed by atoms with Gasteiger partial charge >= 0.3 is 6.03 Å². The van der Waals surface area contributed by atoms with E-state index in [9.17, 15) is 4.79 Å². The first-order valence-corrected chi connectivity index (χ1v) is 7.56. The highest BCUT2D eigenvalue weighted by Gasteiger charge is 2.10. The Kier molecular flexibility index (Phi) is 4.48. The number of aromatic nitrogens is 4. The maximum absolute atomic E-state index is 11.9. The Morgan fingerprint density at radius 1 is 1.33 bits per heavy atom. The fourth-order valence-electron chi connectivity index (χ4n) is 2.14. The summed E-state index contributed by atoms with van der Waals surface area (Å²) in [5, 5.41) is 14.0. The second-order valence-electron chi connectivity index (χ2n) is 5.10. The topological polar surface area (TPSA) is 97.9 Å². The van der Waals surface area contributed by atoms with E-state index >= 15 is 0 Å². The van der Waals surface area contributed by atoms with Gasteiger partial charge in [-0.05, 0) is 25.1 Å². The van der Waals surface area contributed by atoms with Gasteiger partial charge in [0.15, 0.2) is 11.6 Å². The van der Waals surface area contributed by atoms with Crippen LogP contribution in [0, 0.1) is 13.8 Å². The van der Waals surface area contributed by atoms with E-state index in [2.05, 4.69) is 25.9 Å². The predicted octanol–water partition coefficient (Wildman–Crippen LogP) is 2.85. The lowest BCUT2D eigenvalue weighted by Crippen LogP contribution is -2.28. The van der Waals surface area contributed by atoms with Gasteiger partial charge in [-0.1, -0.05) is 22.8 Å². The molecule has 0 aliphatic heterocycles. The van der Waals surface area contributed by atoms with Gasteiger partial charge in [-0.25, -0.2) is 9.48 Å². The zero-order chi connectivity index (χ0) is 17.1. The van der Waals surface area contributed by atoms with Crippen molar-refractivity contribution >= 4 is 23.4 Å². The highest BCUT2D eigenvalue weighted by molar-refractivity contribution is 6.30. The van der Waals surface area contributed by atoms with Crippen LogP contribution in [0.15, 0.2) is 34.9 Å². The van der Waals surface area contributed by atoms with E-state index in [0.29, 0.717) is 22.6 Å². The van der Waals surface area contributed by atoms with Crippen molar-refractivity contribution in [3.05, 3.63) is 52.8 Å². The van der Waals surface area contributed by atoms with Crippen LogP contribution in [0.4, 0.5) is 10.6 Å². The molecule has 0 saturated carbocycles. The zero-order valence-corrected chi connectivity index (χ0v) is 13.8. The highest BCUT2D eigenvalue weighted by Crippen LogP contribution is 2.18. The van der Waals surface area contributed by atoms with E-state index in [1.54, 1.807) is 29.8 Å². The minimum atomic E-state index is -0.409. The molecule has 1 aromatic carbocycles. The molecule has 0 fully saturated rings. The summed E-state index contributed by atoms with van der Waals surface area (Å²) in [5.74, 6) is 1.28. The van der Waals surface area contributed by atoms with E-state index < -0.39 is 6.03 Å². The number of aryl methyl sites for hydroxylation is 2. The molecule has 0 aliphatic carbocycles. The molecule has 3 rings (SSSR count). The minimum absolute atomic E-state index is 0.164. The normalized spacial score (nSPS) is 10.6. The second kappa shape index (κ2) is 6.71. The number of nitrogens with zero attached hydrogens (tertiary/aromatic N) is 4. The lowest BCUT2D eigenvalue weighted by molar-refractivity contribution is 0.251. The quantitative estimate of drug-likeness (QED) is 0.757. The van der Waals surface area contributed by atoms with Gasteiger partial charge in [0.1, 0.15) is 0 Å². The third-order valence-corrected chi connectivity index (χ3v) is 3.39. The fraction of sp³-hybridized carbons (Fsp3) is 0.200. The van der Waals surface area contributed by atoms with Crippen LogP contribution in [0.3, 0.4) is 0 Å². The largest absolute Gasteiger partial charge is 0.340 e. The maximum atomic E-state index is 11.9. The molecule has 0 atom stereocenters. The summed E-state index contributed by atoms with van der Waals surface area (Å²) in [6.45, 7) is 3.73. The number of halogens is 1. The summed E-state index contributed by atoms with van der Waals surface area (Å²) in [5.41, 5.74) is 1.68. The molecule has 0 radical (unpaired) electrons. The first kappa shape index (κ1) is 16.0. The lowest BCUT2D eigenvalue weighted by atomic mass is 10.3. The molecule has 8 nitrogen and oxygen atoms in total. The molecular formula is C15H15ClN6O2. The van der Waals surface area contributed by atoms with Crippen molar-refractivity contribution in [2.24, 2.45) is 0 Å². The van der Waals surface area contributed by atoms with E-state index in [1.165, 1.54) is 0 Å². The summed E-state index contributed by atoms with van der Waals surface area (Å²) in [6.07, 6.45) is 0. The van der Waals surface area contributed by atoms with Gasteiger partial charge in [-0.15, -0.1) is 5.10 Å². The van der Waals surface area contributed by atoms with Crippen LogP contribution in [-0.4, -0.2) is 26.0 Å². The van der Waals surface area contributed by atoms with Gasteiger partial charge in [0.2, 0.25) is 5.89 Å². The van der Waals surface area contributed by atoms with Gasteiger partial charge in [-0.3, -0.25) is 5.32 Å². The Hall–Kier alpha value is -2.87. The van der Waals surface area contributed by atoms with Crippen LogP contribution in [0.1, 0.15) is 17.4 Å². The molecule has 2 aromatic heterocycles. The van der Waals surface area contributed by atoms with Crippen LogP contribution in [0.2, 0.25) is 5.02 Å². The summed E-state index contributed by atoms with van der Waals surface area (Å²) < 4.78 is 6.53. The third kappa shape index (κ3) is 3.72. The van der Waals surface area contributed by atoms with Gasteiger partial charge in [0.05, 0.1) is 12.2 Å². The molecule has 0 saturated heterocycles. The van der Waals surface area contributed by atoms with E-state index in [-0.39, 0.29) is 6.54 Å². The molecule has 0 aliphatic rings. The summed E-state index contributed by atoms with van der Waals surface area (Å²) in [4.78, 5) is 15.9. The number of carbonyl (C=O) groups is 1. The number of amides is 2. The van der Waals surface area contributed by atoms with Crippen molar-refractivity contribution in [2.45, 2.75) is 20.4 Å². The molecule has 0 spiro atoms. The van der Waals surface area contributed by atoms with Gasteiger partial charge in [0, 0.05) is 23.7 Å². The van der Waals surface area contributed by atoms with Crippen molar-refractivity contribution in [3.8, 4) is 5.69 Å². The van der Waals surface area contributed by atoms with Gasteiger partial charge in [-0.2, -0.15) is 4.98 Å². The first-order valence-electron chi connectivity index (χ1n) is 7.18. The summed E-state index contributed by atoms with van der Waals surface area (Å²) >= 11 is 6.00. The number of hydrogen-bond acceptors (Lipinski definition) is 5. The van der Waals surface area contributed by atoms with Gasteiger partial charge in [0.25, 0.3) is 0 Å². The second-order valence-corrected chi connectivity index (χ2v) is 5.54. The fourth-order valence-corrected chi connectivity index (χ4v) is 2.32. The monoisotopic (exact) mass is 346 g/mol. The first-order chi connectivity index (χ1) is 11.5. The third-order valence-electron chi connectivity index (χ3n) is 3.16. The van der Waals surface area contributed by atoms with Crippen LogP contribution >= 0.6 is 11.6 Å². The van der Waals surface area contributed by atoms with E-state index in [1.807, 2.05) is 19.1 Å². The molecule has 2 amide bonds. The number of anilines is 1. The molecular weight excluding hydrogens is 332 g/mol. The average Bonchev–Trinajstić information content (AvgIpc) is 3.11. The summed E-state index contributed by atoms with van der Waals surface area (Å²) in [6, 6.07) is 8.66. The Morgan fingerprint density at radius 2 is 2.17 bits per heavy atom. The van der Waals surface area contributed by atoms with E-state index in [4.69, 9.17) is 16.1 Å². The lowest BCUT2D eigenvalue weighted by Gasteiger charge is -2.05. The van der Waals surface area contributed by atoms with Crippen molar-refractivity contribution < 1.29 is 9.32 Å². The van der Waals surface area contributed by atoms with Gasteiger partial charge < -0.3 is 9.84 Å². The van der Waals surface area contributed by atoms with Crippen molar-refractivity contribution in [2.75, 3.05) is 5.32 Å². The molecule has 2 heterocycles. The number of hydrogen-bond donors (Lipinski definition) is 2. The van der Waals surface area contributed by atoms with Crippen molar-refractivity contribution in [1.29, 1.82) is 0 Å². The van der Waals surface area contributed by atoms with Crippen molar-refractivity contribution in [1.82, 2.24) is 25.2 Å². The summed E-state index contributed by atoms with van der Waals surface area (Å²) in [7, 11) is 0. The van der Waals surface area contributed by atoms with E-state index in [0.717, 1.165) is 11.4 Å². The number of benzene rings is 1. The molecule has 124 valence electrons. The number of urea groups is 1. The molecule has 24 heavy (non-hydrogen) atoms. The predicted molar refractivity (Wildman–Crippen MR) is 88.2 cm³/mol. The molecule has 9 heteroatoms. The highest BCUT2D eigenvalue weighted by atomic mass is 35.5. The van der Waals surface area contributed by atoms with Crippen molar-refractivity contribution in [3.63, 3.8) is 0 Å². The minimum Gasteiger partial charge on any atom is -0.340 e. The maximum Gasteiger partial charge on any atom is 0.320 e.